The van der Waals surface area contributed by atoms with Crippen LogP contribution in [-0.2, 0) is 20.0 Å². The molecule has 1 aromatic heterocycles. The van der Waals surface area contributed by atoms with Gasteiger partial charge in [-0.15, -0.1) is 0 Å². The van der Waals surface area contributed by atoms with Crippen LogP contribution in [0.2, 0.25) is 0 Å². The van der Waals surface area contributed by atoms with Crippen LogP contribution in [0, 0.1) is 6.92 Å². The van der Waals surface area contributed by atoms with Crippen molar-refractivity contribution in [2.24, 2.45) is 7.05 Å². The van der Waals surface area contributed by atoms with Crippen molar-refractivity contribution in [2.45, 2.75) is 26.8 Å². The summed E-state index contributed by atoms with van der Waals surface area (Å²) in [5.41, 5.74) is 3.84. The van der Waals surface area contributed by atoms with E-state index >= 15 is 0 Å². The smallest absolute Gasteiger partial charge is 0.0628 e. The van der Waals surface area contributed by atoms with Gasteiger partial charge in [-0.2, -0.15) is 5.10 Å². The summed E-state index contributed by atoms with van der Waals surface area (Å²) in [4.78, 5) is 0. The molecule has 1 heterocycles. The minimum absolute atomic E-state index is 0.903. The molecule has 3 heteroatoms. The molecule has 0 saturated carbocycles. The number of hydrogen-bond donors (Lipinski definition) is 1. The Morgan fingerprint density at radius 3 is 2.67 bits per heavy atom. The van der Waals surface area contributed by atoms with E-state index in [1.807, 2.05) is 18.8 Å². The van der Waals surface area contributed by atoms with Crippen LogP contribution in [-0.4, -0.2) is 16.8 Å². The van der Waals surface area contributed by atoms with Gasteiger partial charge < -0.3 is 5.32 Å². The van der Waals surface area contributed by atoms with Crippen LogP contribution >= 0.6 is 0 Å². The Morgan fingerprint density at radius 2 is 2.17 bits per heavy atom. The van der Waals surface area contributed by atoms with Gasteiger partial charge >= 0.3 is 0 Å². The first kappa shape index (κ1) is 9.26. The van der Waals surface area contributed by atoms with Gasteiger partial charge in [-0.25, -0.2) is 0 Å². The molecule has 0 aromatic carbocycles. The Hall–Kier alpha value is -0.830. The number of aromatic nitrogens is 2. The minimum Gasteiger partial charge on any atom is -0.314 e. The van der Waals surface area contributed by atoms with Gasteiger partial charge in [0.15, 0.2) is 0 Å². The predicted octanol–water partition coefficient (Wildman–Crippen LogP) is 1.01. The van der Waals surface area contributed by atoms with E-state index in [0.717, 1.165) is 18.7 Å². The normalized spacial score (nSPS) is 10.7. The molecule has 1 rings (SSSR count). The van der Waals surface area contributed by atoms with E-state index in [9.17, 15) is 0 Å². The maximum atomic E-state index is 4.38. The van der Waals surface area contributed by atoms with Gasteiger partial charge in [0.05, 0.1) is 11.4 Å². The summed E-state index contributed by atoms with van der Waals surface area (Å²) < 4.78 is 1.96. The molecule has 0 fully saturated rings. The summed E-state index contributed by atoms with van der Waals surface area (Å²) in [6.45, 7) is 5.14. The summed E-state index contributed by atoms with van der Waals surface area (Å²) in [5, 5.41) is 7.53. The SMILES string of the molecule is CCc1c(C)nn(C)c1CNC. The summed E-state index contributed by atoms with van der Waals surface area (Å²) >= 11 is 0. The van der Waals surface area contributed by atoms with Crippen LogP contribution < -0.4 is 5.32 Å². The average molecular weight is 167 g/mol. The molecule has 3 nitrogen and oxygen atoms in total. The second-order valence-electron chi connectivity index (χ2n) is 3.02. The number of hydrogen-bond acceptors (Lipinski definition) is 2. The molecule has 0 unspecified atom stereocenters. The van der Waals surface area contributed by atoms with Crippen LogP contribution in [0.3, 0.4) is 0 Å². The highest BCUT2D eigenvalue weighted by molar-refractivity contribution is 5.25. The lowest BCUT2D eigenvalue weighted by Gasteiger charge is -2.02. The van der Waals surface area contributed by atoms with Crippen LogP contribution in [0.1, 0.15) is 23.9 Å². The van der Waals surface area contributed by atoms with Crippen LogP contribution in [0.15, 0.2) is 0 Å². The van der Waals surface area contributed by atoms with E-state index < -0.39 is 0 Å². The van der Waals surface area contributed by atoms with Crippen LogP contribution in [0.4, 0.5) is 0 Å². The van der Waals surface area contributed by atoms with Gasteiger partial charge in [0.2, 0.25) is 0 Å². The summed E-state index contributed by atoms with van der Waals surface area (Å²) in [6.07, 6.45) is 1.07. The van der Waals surface area contributed by atoms with Crippen molar-refractivity contribution in [3.8, 4) is 0 Å². The van der Waals surface area contributed by atoms with E-state index in [0.29, 0.717) is 0 Å². The third-order valence-corrected chi connectivity index (χ3v) is 2.17. The quantitative estimate of drug-likeness (QED) is 0.728. The summed E-state index contributed by atoms with van der Waals surface area (Å²) in [6, 6.07) is 0. The third-order valence-electron chi connectivity index (χ3n) is 2.17. The first-order valence-electron chi connectivity index (χ1n) is 4.36. The van der Waals surface area contributed by atoms with Crippen molar-refractivity contribution >= 4 is 0 Å². The summed E-state index contributed by atoms with van der Waals surface area (Å²) in [5.74, 6) is 0. The monoisotopic (exact) mass is 167 g/mol. The largest absolute Gasteiger partial charge is 0.314 e. The Balaban J connectivity index is 3.04. The van der Waals surface area contributed by atoms with Crippen molar-refractivity contribution in [3.05, 3.63) is 17.0 Å². The van der Waals surface area contributed by atoms with E-state index in [1.54, 1.807) is 0 Å². The zero-order valence-corrected chi connectivity index (χ0v) is 8.31. The van der Waals surface area contributed by atoms with Gasteiger partial charge in [-0.1, -0.05) is 6.92 Å². The molecule has 0 spiro atoms. The van der Waals surface area contributed by atoms with Crippen LogP contribution in [0.5, 0.6) is 0 Å². The van der Waals surface area contributed by atoms with E-state index in [4.69, 9.17) is 0 Å². The maximum Gasteiger partial charge on any atom is 0.0628 e. The maximum absolute atomic E-state index is 4.38. The summed E-state index contributed by atoms with van der Waals surface area (Å²) in [7, 11) is 3.96. The van der Waals surface area contributed by atoms with Crippen LogP contribution in [0.25, 0.3) is 0 Å². The molecular formula is C9H17N3. The zero-order chi connectivity index (χ0) is 9.14. The van der Waals surface area contributed by atoms with Gasteiger partial charge in [-0.05, 0) is 26.0 Å². The molecule has 0 radical (unpaired) electrons. The van der Waals surface area contributed by atoms with E-state index in [-0.39, 0.29) is 0 Å². The highest BCUT2D eigenvalue weighted by Crippen LogP contribution is 2.12. The Kier molecular flexibility index (Phi) is 2.87. The lowest BCUT2D eigenvalue weighted by molar-refractivity contribution is 0.665. The molecule has 0 atom stereocenters. The molecule has 0 saturated heterocycles. The number of rotatable bonds is 3. The molecular weight excluding hydrogens is 150 g/mol. The van der Waals surface area contributed by atoms with Gasteiger partial charge in [0.1, 0.15) is 0 Å². The standard InChI is InChI=1S/C9H17N3/c1-5-8-7(2)11-12(4)9(8)6-10-3/h10H,5-6H2,1-4H3. The molecule has 0 aliphatic rings. The zero-order valence-electron chi connectivity index (χ0n) is 8.31. The van der Waals surface area contributed by atoms with Crippen molar-refractivity contribution in [1.82, 2.24) is 15.1 Å². The molecule has 0 amide bonds. The van der Waals surface area contributed by atoms with Gasteiger partial charge in [-0.3, -0.25) is 4.68 Å². The second kappa shape index (κ2) is 3.72. The molecule has 0 bridgehead atoms. The predicted molar refractivity (Wildman–Crippen MR) is 50.1 cm³/mol. The first-order valence-corrected chi connectivity index (χ1v) is 4.36. The van der Waals surface area contributed by atoms with Crippen molar-refractivity contribution in [1.29, 1.82) is 0 Å². The number of aryl methyl sites for hydroxylation is 2. The van der Waals surface area contributed by atoms with Gasteiger partial charge in [0.25, 0.3) is 0 Å². The molecule has 68 valence electrons. The Labute approximate surface area is 73.8 Å². The lowest BCUT2D eigenvalue weighted by atomic mass is 10.1. The average Bonchev–Trinajstić information content (AvgIpc) is 2.28. The van der Waals surface area contributed by atoms with Crippen molar-refractivity contribution < 1.29 is 0 Å². The third kappa shape index (κ3) is 1.50. The fraction of sp³-hybridized carbons (Fsp3) is 0.667. The Morgan fingerprint density at radius 1 is 1.50 bits per heavy atom. The number of nitrogens with one attached hydrogen (secondary N) is 1. The fourth-order valence-corrected chi connectivity index (χ4v) is 1.60. The fourth-order valence-electron chi connectivity index (χ4n) is 1.60. The lowest BCUT2D eigenvalue weighted by Crippen LogP contribution is -2.11. The molecule has 12 heavy (non-hydrogen) atoms. The minimum atomic E-state index is 0.903. The number of nitrogens with zero attached hydrogens (tertiary/aromatic N) is 2. The molecule has 0 aliphatic heterocycles. The van der Waals surface area contributed by atoms with E-state index in [1.165, 1.54) is 11.3 Å². The Bertz CT molecular complexity index is 263. The van der Waals surface area contributed by atoms with Gasteiger partial charge in [0, 0.05) is 13.6 Å². The first-order chi connectivity index (χ1) is 5.70. The molecule has 1 N–H and O–H groups in total. The highest BCUT2D eigenvalue weighted by Gasteiger charge is 2.09. The highest BCUT2D eigenvalue weighted by atomic mass is 15.3. The topological polar surface area (TPSA) is 29.9 Å². The molecule has 0 aliphatic carbocycles. The molecule has 1 aromatic rings. The second-order valence-corrected chi connectivity index (χ2v) is 3.02. The van der Waals surface area contributed by atoms with Crippen molar-refractivity contribution in [3.63, 3.8) is 0 Å². The van der Waals surface area contributed by atoms with Crippen molar-refractivity contribution in [2.75, 3.05) is 7.05 Å². The van der Waals surface area contributed by atoms with E-state index in [2.05, 4.69) is 24.3 Å².